The van der Waals surface area contributed by atoms with Gasteiger partial charge in [0.2, 0.25) is 0 Å². The second-order valence-electron chi connectivity index (χ2n) is 5.12. The first kappa shape index (κ1) is 17.8. The molecule has 0 saturated heterocycles. The standard InChI is InChI=1S/C18H19ClN2O3/c1-3-24-16-10-13(11-19)8-9-15(16)21-18(23)17(22)20-14-7-5-4-6-12(14)2/h4-10H,3,11H2,1-2H3,(H,20,22)(H,21,23). The molecular formula is C18H19ClN2O3. The molecule has 0 saturated carbocycles. The van der Waals surface area contributed by atoms with Gasteiger partial charge in [0.1, 0.15) is 5.75 Å². The van der Waals surface area contributed by atoms with Crippen molar-refractivity contribution in [1.82, 2.24) is 0 Å². The van der Waals surface area contributed by atoms with Crippen LogP contribution in [-0.2, 0) is 15.5 Å². The Kier molecular flexibility index (Phi) is 6.21. The first-order valence-corrected chi connectivity index (χ1v) is 8.08. The third-order valence-electron chi connectivity index (χ3n) is 3.35. The first-order chi connectivity index (χ1) is 11.5. The average molecular weight is 347 g/mol. The third kappa shape index (κ3) is 4.49. The molecule has 2 N–H and O–H groups in total. The molecule has 6 heteroatoms. The minimum Gasteiger partial charge on any atom is -0.492 e. The van der Waals surface area contributed by atoms with E-state index in [1.807, 2.05) is 26.0 Å². The number of aryl methyl sites for hydroxylation is 1. The van der Waals surface area contributed by atoms with Gasteiger partial charge in [-0.15, -0.1) is 11.6 Å². The lowest BCUT2D eigenvalue weighted by molar-refractivity contribution is -0.133. The predicted octanol–water partition coefficient (Wildman–Crippen LogP) is 3.71. The fourth-order valence-electron chi connectivity index (χ4n) is 2.10. The molecule has 0 aliphatic heterocycles. The van der Waals surface area contributed by atoms with Crippen molar-refractivity contribution in [2.45, 2.75) is 19.7 Å². The monoisotopic (exact) mass is 346 g/mol. The normalized spacial score (nSPS) is 10.1. The van der Waals surface area contributed by atoms with Gasteiger partial charge in [0.15, 0.2) is 0 Å². The van der Waals surface area contributed by atoms with Gasteiger partial charge in [-0.05, 0) is 43.2 Å². The van der Waals surface area contributed by atoms with E-state index < -0.39 is 11.8 Å². The predicted molar refractivity (Wildman–Crippen MR) is 95.6 cm³/mol. The van der Waals surface area contributed by atoms with Crippen LogP contribution in [0.2, 0.25) is 0 Å². The summed E-state index contributed by atoms with van der Waals surface area (Å²) in [6, 6.07) is 12.4. The summed E-state index contributed by atoms with van der Waals surface area (Å²) in [6.07, 6.45) is 0. The van der Waals surface area contributed by atoms with Gasteiger partial charge < -0.3 is 15.4 Å². The summed E-state index contributed by atoms with van der Waals surface area (Å²) in [5.74, 6) is -0.694. The number of alkyl halides is 1. The molecule has 2 rings (SSSR count). The molecule has 0 spiro atoms. The Hall–Kier alpha value is -2.53. The van der Waals surface area contributed by atoms with E-state index in [4.69, 9.17) is 16.3 Å². The Morgan fingerprint density at radius 1 is 1.04 bits per heavy atom. The molecule has 0 aliphatic carbocycles. The van der Waals surface area contributed by atoms with Gasteiger partial charge in [-0.1, -0.05) is 24.3 Å². The molecule has 0 aromatic heterocycles. The number of carbonyl (C=O) groups excluding carboxylic acids is 2. The number of benzene rings is 2. The number of amides is 2. The van der Waals surface area contributed by atoms with Gasteiger partial charge in [0.25, 0.3) is 0 Å². The molecular weight excluding hydrogens is 328 g/mol. The van der Waals surface area contributed by atoms with Crippen molar-refractivity contribution in [3.8, 4) is 5.75 Å². The number of para-hydroxylation sites is 1. The minimum atomic E-state index is -0.766. The largest absolute Gasteiger partial charge is 0.492 e. The Bertz CT molecular complexity index is 747. The van der Waals surface area contributed by atoms with Gasteiger partial charge in [0, 0.05) is 11.6 Å². The average Bonchev–Trinajstić information content (AvgIpc) is 2.58. The highest BCUT2D eigenvalue weighted by atomic mass is 35.5. The van der Waals surface area contributed by atoms with Crippen LogP contribution in [0, 0.1) is 6.92 Å². The van der Waals surface area contributed by atoms with Crippen LogP contribution in [-0.4, -0.2) is 18.4 Å². The van der Waals surface area contributed by atoms with E-state index in [2.05, 4.69) is 10.6 Å². The second-order valence-corrected chi connectivity index (χ2v) is 5.39. The summed E-state index contributed by atoms with van der Waals surface area (Å²) in [6.45, 7) is 4.12. The van der Waals surface area contributed by atoms with Crippen molar-refractivity contribution < 1.29 is 14.3 Å². The van der Waals surface area contributed by atoms with Crippen molar-refractivity contribution in [2.24, 2.45) is 0 Å². The van der Waals surface area contributed by atoms with Gasteiger partial charge >= 0.3 is 11.8 Å². The Balaban J connectivity index is 2.11. The Labute approximate surface area is 146 Å². The lowest BCUT2D eigenvalue weighted by Gasteiger charge is -2.13. The summed E-state index contributed by atoms with van der Waals surface area (Å²) in [4.78, 5) is 24.2. The first-order valence-electron chi connectivity index (χ1n) is 7.54. The van der Waals surface area contributed by atoms with Crippen molar-refractivity contribution in [3.05, 3.63) is 53.6 Å². The molecule has 126 valence electrons. The van der Waals surface area contributed by atoms with Gasteiger partial charge in [-0.2, -0.15) is 0 Å². The number of hydrogen-bond donors (Lipinski definition) is 2. The molecule has 0 unspecified atom stereocenters. The van der Waals surface area contributed by atoms with Crippen LogP contribution in [0.15, 0.2) is 42.5 Å². The Morgan fingerprint density at radius 3 is 2.33 bits per heavy atom. The van der Waals surface area contributed by atoms with Crippen LogP contribution >= 0.6 is 11.6 Å². The highest BCUT2D eigenvalue weighted by molar-refractivity contribution is 6.43. The van der Waals surface area contributed by atoms with Crippen LogP contribution < -0.4 is 15.4 Å². The van der Waals surface area contributed by atoms with E-state index in [1.54, 1.807) is 30.3 Å². The van der Waals surface area contributed by atoms with E-state index in [0.717, 1.165) is 11.1 Å². The maximum absolute atomic E-state index is 12.1. The number of hydrogen-bond acceptors (Lipinski definition) is 3. The molecule has 0 fully saturated rings. The Morgan fingerprint density at radius 2 is 1.71 bits per heavy atom. The number of carbonyl (C=O) groups is 2. The van der Waals surface area contributed by atoms with Crippen LogP contribution in [0.3, 0.4) is 0 Å². The molecule has 0 heterocycles. The number of ether oxygens (including phenoxy) is 1. The van der Waals surface area contributed by atoms with Crippen LogP contribution in [0.1, 0.15) is 18.1 Å². The maximum atomic E-state index is 12.1. The number of nitrogens with one attached hydrogen (secondary N) is 2. The van der Waals surface area contributed by atoms with E-state index in [-0.39, 0.29) is 0 Å². The molecule has 0 atom stereocenters. The highest BCUT2D eigenvalue weighted by Crippen LogP contribution is 2.27. The van der Waals surface area contributed by atoms with Crippen molar-refractivity contribution in [2.75, 3.05) is 17.2 Å². The molecule has 0 aliphatic rings. The topological polar surface area (TPSA) is 67.4 Å². The van der Waals surface area contributed by atoms with Crippen LogP contribution in [0.4, 0.5) is 11.4 Å². The summed E-state index contributed by atoms with van der Waals surface area (Å²) in [7, 11) is 0. The third-order valence-corrected chi connectivity index (χ3v) is 3.66. The van der Waals surface area contributed by atoms with Crippen molar-refractivity contribution in [1.29, 1.82) is 0 Å². The molecule has 2 amide bonds. The number of anilines is 2. The molecule has 5 nitrogen and oxygen atoms in total. The second kappa shape index (κ2) is 8.36. The summed E-state index contributed by atoms with van der Waals surface area (Å²) in [5.41, 5.74) is 2.76. The van der Waals surface area contributed by atoms with Gasteiger partial charge in [0.05, 0.1) is 12.3 Å². The zero-order chi connectivity index (χ0) is 17.5. The molecule has 2 aromatic rings. The molecule has 0 radical (unpaired) electrons. The molecule has 2 aromatic carbocycles. The van der Waals surface area contributed by atoms with E-state index in [1.165, 1.54) is 0 Å². The number of halogens is 1. The van der Waals surface area contributed by atoms with E-state index in [0.29, 0.717) is 29.6 Å². The summed E-state index contributed by atoms with van der Waals surface area (Å²) >= 11 is 5.81. The lowest BCUT2D eigenvalue weighted by Crippen LogP contribution is -2.29. The zero-order valence-corrected chi connectivity index (χ0v) is 14.3. The summed E-state index contributed by atoms with van der Waals surface area (Å²) in [5, 5.41) is 5.16. The number of rotatable bonds is 5. The van der Waals surface area contributed by atoms with Gasteiger partial charge in [-0.25, -0.2) is 0 Å². The molecule has 24 heavy (non-hydrogen) atoms. The van der Waals surface area contributed by atoms with Gasteiger partial charge in [-0.3, -0.25) is 9.59 Å². The minimum absolute atomic E-state index is 0.335. The lowest BCUT2D eigenvalue weighted by atomic mass is 10.2. The summed E-state index contributed by atoms with van der Waals surface area (Å²) < 4.78 is 5.49. The SMILES string of the molecule is CCOc1cc(CCl)ccc1NC(=O)C(=O)Nc1ccccc1C. The molecule has 0 bridgehead atoms. The fourth-order valence-corrected chi connectivity index (χ4v) is 2.27. The zero-order valence-electron chi connectivity index (χ0n) is 13.6. The maximum Gasteiger partial charge on any atom is 0.314 e. The van der Waals surface area contributed by atoms with Crippen LogP contribution in [0.25, 0.3) is 0 Å². The van der Waals surface area contributed by atoms with E-state index in [9.17, 15) is 9.59 Å². The smallest absolute Gasteiger partial charge is 0.314 e. The van der Waals surface area contributed by atoms with Crippen molar-refractivity contribution >= 4 is 34.8 Å². The van der Waals surface area contributed by atoms with Crippen molar-refractivity contribution in [3.63, 3.8) is 0 Å². The quantitative estimate of drug-likeness (QED) is 0.640. The van der Waals surface area contributed by atoms with Crippen LogP contribution in [0.5, 0.6) is 5.75 Å². The fraction of sp³-hybridized carbons (Fsp3) is 0.222. The highest BCUT2D eigenvalue weighted by Gasteiger charge is 2.17. The van der Waals surface area contributed by atoms with E-state index >= 15 is 0 Å².